The number of ether oxygens (including phenoxy) is 1. The number of nitrogen functional groups attached to an aromatic ring is 1. The second-order valence-corrected chi connectivity index (χ2v) is 4.58. The summed E-state index contributed by atoms with van der Waals surface area (Å²) in [6, 6.07) is 5.14. The largest absolute Gasteiger partial charge is 0.464 e. The molecule has 100 valence electrons. The molecule has 2 N–H and O–H groups in total. The van der Waals surface area contributed by atoms with Gasteiger partial charge in [-0.1, -0.05) is 29.3 Å². The highest BCUT2D eigenvalue weighted by atomic mass is 35.5. The minimum atomic E-state index is -0.600. The number of nitrogens with two attached hydrogens (primary N) is 1. The number of imidazole rings is 1. The molecule has 2 rings (SSSR count). The van der Waals surface area contributed by atoms with Crippen molar-refractivity contribution in [1.29, 1.82) is 0 Å². The van der Waals surface area contributed by atoms with Crippen molar-refractivity contribution in [2.45, 2.75) is 6.92 Å². The Morgan fingerprint density at radius 2 is 2.11 bits per heavy atom. The molecular formula is C12H11Cl2N3O2. The molecule has 1 heterocycles. The number of esters is 1. The maximum absolute atomic E-state index is 11.5. The van der Waals surface area contributed by atoms with Crippen LogP contribution >= 0.6 is 23.2 Å². The number of halogens is 2. The summed E-state index contributed by atoms with van der Waals surface area (Å²) < 4.78 is 6.18. The van der Waals surface area contributed by atoms with Crippen LogP contribution in [0.4, 0.5) is 5.82 Å². The molecule has 0 bridgehead atoms. The van der Waals surface area contributed by atoms with Crippen LogP contribution < -0.4 is 5.73 Å². The number of methoxy groups -OCH3 is 1. The average molecular weight is 300 g/mol. The van der Waals surface area contributed by atoms with Gasteiger partial charge in [0, 0.05) is 0 Å². The lowest BCUT2D eigenvalue weighted by molar-refractivity contribution is 0.0596. The summed E-state index contributed by atoms with van der Waals surface area (Å²) in [6.07, 6.45) is 0. The van der Waals surface area contributed by atoms with E-state index >= 15 is 0 Å². The Hall–Kier alpha value is -1.72. The molecule has 2 aromatic rings. The van der Waals surface area contributed by atoms with Gasteiger partial charge in [-0.15, -0.1) is 0 Å². The minimum absolute atomic E-state index is 0.0519. The quantitative estimate of drug-likeness (QED) is 0.866. The number of carbonyl (C=O) groups is 1. The van der Waals surface area contributed by atoms with Crippen molar-refractivity contribution in [3.05, 3.63) is 39.8 Å². The van der Waals surface area contributed by atoms with Crippen LogP contribution in [0.25, 0.3) is 5.69 Å². The Kier molecular flexibility index (Phi) is 3.68. The number of hydrogen-bond donors (Lipinski definition) is 1. The second kappa shape index (κ2) is 5.11. The van der Waals surface area contributed by atoms with Crippen LogP contribution in [0.1, 0.15) is 16.3 Å². The Labute approximate surface area is 119 Å². The molecule has 0 radical (unpaired) electrons. The molecule has 7 heteroatoms. The molecule has 0 saturated heterocycles. The van der Waals surface area contributed by atoms with Crippen LogP contribution in [-0.2, 0) is 4.74 Å². The molecule has 1 aromatic heterocycles. The standard InChI is InChI=1S/C12H11Cl2N3O2/c1-6-16-10(12(18)19-2)11(15)17(6)8-5-3-4-7(13)9(8)14/h3-5H,15H2,1-2H3. The molecule has 0 amide bonds. The molecule has 0 saturated carbocycles. The summed E-state index contributed by atoms with van der Waals surface area (Å²) >= 11 is 12.1. The van der Waals surface area contributed by atoms with Crippen molar-refractivity contribution in [3.8, 4) is 5.69 Å². The average Bonchev–Trinajstić information content (AvgIpc) is 2.68. The van der Waals surface area contributed by atoms with E-state index in [1.165, 1.54) is 7.11 Å². The zero-order valence-electron chi connectivity index (χ0n) is 10.3. The first kappa shape index (κ1) is 13.7. The van der Waals surface area contributed by atoms with E-state index in [0.29, 0.717) is 21.6 Å². The summed E-state index contributed by atoms with van der Waals surface area (Å²) in [6.45, 7) is 1.71. The van der Waals surface area contributed by atoms with Crippen molar-refractivity contribution < 1.29 is 9.53 Å². The third kappa shape index (κ3) is 2.27. The normalized spacial score (nSPS) is 10.5. The van der Waals surface area contributed by atoms with E-state index in [9.17, 15) is 4.79 Å². The van der Waals surface area contributed by atoms with Crippen molar-refractivity contribution in [1.82, 2.24) is 9.55 Å². The molecule has 0 aliphatic heterocycles. The van der Waals surface area contributed by atoms with Crippen LogP contribution in [0.5, 0.6) is 0 Å². The number of rotatable bonds is 2. The van der Waals surface area contributed by atoms with Crippen molar-refractivity contribution in [2.24, 2.45) is 0 Å². The number of aryl methyl sites for hydroxylation is 1. The maximum Gasteiger partial charge on any atom is 0.360 e. The van der Waals surface area contributed by atoms with Gasteiger partial charge < -0.3 is 10.5 Å². The smallest absolute Gasteiger partial charge is 0.360 e. The SMILES string of the molecule is COC(=O)c1nc(C)n(-c2cccc(Cl)c2Cl)c1N. The highest BCUT2D eigenvalue weighted by Gasteiger charge is 2.21. The van der Waals surface area contributed by atoms with Gasteiger partial charge >= 0.3 is 5.97 Å². The van der Waals surface area contributed by atoms with Crippen LogP contribution in [0.15, 0.2) is 18.2 Å². The summed E-state index contributed by atoms with van der Waals surface area (Å²) in [5.74, 6) is 0.0769. The van der Waals surface area contributed by atoms with E-state index in [4.69, 9.17) is 28.9 Å². The van der Waals surface area contributed by atoms with E-state index in [0.717, 1.165) is 0 Å². The zero-order chi connectivity index (χ0) is 14.2. The summed E-state index contributed by atoms with van der Waals surface area (Å²) in [5, 5.41) is 0.735. The number of anilines is 1. The summed E-state index contributed by atoms with van der Waals surface area (Å²) in [7, 11) is 1.27. The third-order valence-corrected chi connectivity index (χ3v) is 3.44. The van der Waals surface area contributed by atoms with Crippen LogP contribution in [0.3, 0.4) is 0 Å². The van der Waals surface area contributed by atoms with Gasteiger partial charge in [0.15, 0.2) is 5.69 Å². The van der Waals surface area contributed by atoms with Crippen molar-refractivity contribution in [3.63, 3.8) is 0 Å². The molecule has 19 heavy (non-hydrogen) atoms. The zero-order valence-corrected chi connectivity index (χ0v) is 11.8. The molecular weight excluding hydrogens is 289 g/mol. The van der Waals surface area contributed by atoms with Crippen molar-refractivity contribution in [2.75, 3.05) is 12.8 Å². The molecule has 1 aromatic carbocycles. The minimum Gasteiger partial charge on any atom is -0.464 e. The molecule has 0 unspecified atom stereocenters. The predicted molar refractivity (Wildman–Crippen MR) is 74.1 cm³/mol. The van der Waals surface area contributed by atoms with Gasteiger partial charge in [-0.05, 0) is 19.1 Å². The Bertz CT molecular complexity index is 653. The van der Waals surface area contributed by atoms with Gasteiger partial charge in [-0.2, -0.15) is 0 Å². The first-order chi connectivity index (χ1) is 8.97. The lowest BCUT2D eigenvalue weighted by Crippen LogP contribution is -2.08. The fraction of sp³-hybridized carbons (Fsp3) is 0.167. The summed E-state index contributed by atoms with van der Waals surface area (Å²) in [4.78, 5) is 15.6. The van der Waals surface area contributed by atoms with E-state index in [1.807, 2.05) is 0 Å². The first-order valence-electron chi connectivity index (χ1n) is 5.35. The van der Waals surface area contributed by atoms with Gasteiger partial charge in [-0.3, -0.25) is 4.57 Å². The Morgan fingerprint density at radius 3 is 2.74 bits per heavy atom. The third-order valence-electron chi connectivity index (χ3n) is 2.63. The number of benzene rings is 1. The number of aromatic nitrogens is 2. The van der Waals surface area contributed by atoms with Gasteiger partial charge in [0.25, 0.3) is 0 Å². The molecule has 0 fully saturated rings. The summed E-state index contributed by atoms with van der Waals surface area (Å²) in [5.41, 5.74) is 6.54. The highest BCUT2D eigenvalue weighted by Crippen LogP contribution is 2.31. The van der Waals surface area contributed by atoms with Crippen LogP contribution in [0, 0.1) is 6.92 Å². The number of nitrogens with zero attached hydrogens (tertiary/aromatic N) is 2. The monoisotopic (exact) mass is 299 g/mol. The predicted octanol–water partition coefficient (Wildman–Crippen LogP) is 2.86. The van der Waals surface area contributed by atoms with Gasteiger partial charge in [0.05, 0.1) is 22.8 Å². The fourth-order valence-electron chi connectivity index (χ4n) is 1.77. The lowest BCUT2D eigenvalue weighted by Gasteiger charge is -2.10. The molecule has 0 atom stereocenters. The van der Waals surface area contributed by atoms with Crippen LogP contribution in [-0.4, -0.2) is 22.6 Å². The van der Waals surface area contributed by atoms with E-state index in [1.54, 1.807) is 29.7 Å². The Morgan fingerprint density at radius 1 is 1.42 bits per heavy atom. The topological polar surface area (TPSA) is 70.1 Å². The molecule has 0 aliphatic rings. The van der Waals surface area contributed by atoms with E-state index in [-0.39, 0.29) is 11.5 Å². The number of carbonyl (C=O) groups excluding carboxylic acids is 1. The van der Waals surface area contributed by atoms with E-state index in [2.05, 4.69) is 9.72 Å². The Balaban J connectivity index is 2.67. The first-order valence-corrected chi connectivity index (χ1v) is 6.10. The molecule has 0 spiro atoms. The highest BCUT2D eigenvalue weighted by molar-refractivity contribution is 6.43. The number of hydrogen-bond acceptors (Lipinski definition) is 4. The fourth-order valence-corrected chi connectivity index (χ4v) is 2.15. The van der Waals surface area contributed by atoms with Gasteiger partial charge in [0.2, 0.25) is 0 Å². The van der Waals surface area contributed by atoms with Gasteiger partial charge in [0.1, 0.15) is 11.6 Å². The molecule has 0 aliphatic carbocycles. The maximum atomic E-state index is 11.5. The molecule has 5 nitrogen and oxygen atoms in total. The van der Waals surface area contributed by atoms with Crippen LogP contribution in [0.2, 0.25) is 10.0 Å². The second-order valence-electron chi connectivity index (χ2n) is 3.79. The lowest BCUT2D eigenvalue weighted by atomic mass is 10.3. The van der Waals surface area contributed by atoms with Crippen molar-refractivity contribution >= 4 is 35.0 Å². The van der Waals surface area contributed by atoms with Gasteiger partial charge in [-0.25, -0.2) is 9.78 Å². The van der Waals surface area contributed by atoms with E-state index < -0.39 is 5.97 Å².